The molecule has 0 saturated heterocycles. The summed E-state index contributed by atoms with van der Waals surface area (Å²) in [6.45, 7) is 0.328. The number of nitrogens with one attached hydrogen (secondary N) is 1. The third-order valence-electron chi connectivity index (χ3n) is 4.59. The van der Waals surface area contributed by atoms with E-state index in [1.54, 1.807) is 12.1 Å². The van der Waals surface area contributed by atoms with Crippen LogP contribution in [-0.2, 0) is 16.6 Å². The molecule has 0 aliphatic carbocycles. The number of methoxy groups -OCH3 is 1. The van der Waals surface area contributed by atoms with E-state index >= 15 is 0 Å². The van der Waals surface area contributed by atoms with Crippen LogP contribution in [0.5, 0.6) is 11.5 Å². The van der Waals surface area contributed by atoms with E-state index in [9.17, 15) is 18.0 Å². The Morgan fingerprint density at radius 2 is 1.82 bits per heavy atom. The molecule has 1 N–H and O–H groups in total. The van der Waals surface area contributed by atoms with Crippen LogP contribution < -0.4 is 20.3 Å². The van der Waals surface area contributed by atoms with E-state index in [0.717, 1.165) is 8.99 Å². The summed E-state index contributed by atoms with van der Waals surface area (Å²) in [5.41, 5.74) is -0.164. The van der Waals surface area contributed by atoms with E-state index in [1.807, 2.05) is 18.2 Å². The van der Waals surface area contributed by atoms with E-state index in [-0.39, 0.29) is 40.7 Å². The lowest BCUT2D eigenvalue weighted by Crippen LogP contribution is -2.28. The summed E-state index contributed by atoms with van der Waals surface area (Å²) >= 11 is 0. The molecule has 33 heavy (non-hydrogen) atoms. The van der Waals surface area contributed by atoms with E-state index in [2.05, 4.69) is 10.4 Å². The van der Waals surface area contributed by atoms with Gasteiger partial charge in [0.25, 0.3) is 11.5 Å². The van der Waals surface area contributed by atoms with E-state index in [4.69, 9.17) is 9.47 Å². The van der Waals surface area contributed by atoms with Gasteiger partial charge in [0.15, 0.2) is 0 Å². The van der Waals surface area contributed by atoms with Gasteiger partial charge in [0, 0.05) is 25.8 Å². The van der Waals surface area contributed by atoms with Gasteiger partial charge < -0.3 is 14.8 Å². The molecule has 0 bridgehead atoms. The fraction of sp³-hybridized carbons (Fsp3) is 0.227. The van der Waals surface area contributed by atoms with Crippen molar-refractivity contribution in [1.82, 2.24) is 14.1 Å². The monoisotopic (exact) mass is 472 g/mol. The minimum atomic E-state index is -3.81. The molecule has 2 aromatic carbocycles. The minimum absolute atomic E-state index is 0.0119. The lowest BCUT2D eigenvalue weighted by atomic mass is 10.3. The van der Waals surface area contributed by atoms with Crippen molar-refractivity contribution in [2.75, 3.05) is 33.1 Å². The van der Waals surface area contributed by atoms with Gasteiger partial charge in [-0.05, 0) is 36.4 Å². The molecular weight excluding hydrogens is 448 g/mol. The van der Waals surface area contributed by atoms with Crippen LogP contribution >= 0.6 is 0 Å². The lowest BCUT2D eigenvalue weighted by molar-refractivity contribution is 0.101. The quantitative estimate of drug-likeness (QED) is 0.504. The Morgan fingerprint density at radius 3 is 2.48 bits per heavy atom. The lowest BCUT2D eigenvalue weighted by Gasteiger charge is -2.16. The number of anilines is 1. The van der Waals surface area contributed by atoms with Gasteiger partial charge in [-0.1, -0.05) is 18.2 Å². The number of amides is 1. The Bertz CT molecular complexity index is 1290. The second-order valence-electron chi connectivity index (χ2n) is 7.05. The van der Waals surface area contributed by atoms with Crippen molar-refractivity contribution >= 4 is 21.6 Å². The normalized spacial score (nSPS) is 11.3. The zero-order valence-corrected chi connectivity index (χ0v) is 19.2. The van der Waals surface area contributed by atoms with Crippen molar-refractivity contribution in [2.24, 2.45) is 0 Å². The second kappa shape index (κ2) is 10.3. The molecular formula is C22H24N4O6S. The maximum absolute atomic E-state index is 12.7. The van der Waals surface area contributed by atoms with Gasteiger partial charge in [0.05, 0.1) is 13.7 Å². The number of para-hydroxylation sites is 1. The zero-order chi connectivity index (χ0) is 24.0. The summed E-state index contributed by atoms with van der Waals surface area (Å²) in [6.07, 6.45) is 0. The fourth-order valence-corrected chi connectivity index (χ4v) is 3.92. The maximum Gasteiger partial charge on any atom is 0.276 e. The number of nitrogens with zero attached hydrogens (tertiary/aromatic N) is 3. The van der Waals surface area contributed by atoms with E-state index < -0.39 is 15.9 Å². The van der Waals surface area contributed by atoms with Crippen molar-refractivity contribution in [3.8, 4) is 11.5 Å². The van der Waals surface area contributed by atoms with Crippen molar-refractivity contribution in [1.29, 1.82) is 0 Å². The second-order valence-corrected chi connectivity index (χ2v) is 9.17. The van der Waals surface area contributed by atoms with Crippen molar-refractivity contribution < 1.29 is 22.7 Å². The van der Waals surface area contributed by atoms with Gasteiger partial charge in [-0.3, -0.25) is 9.59 Å². The molecule has 0 atom stereocenters. The van der Waals surface area contributed by atoms with Crippen LogP contribution in [0.1, 0.15) is 10.5 Å². The predicted octanol–water partition coefficient (Wildman–Crippen LogP) is 1.83. The third-order valence-corrected chi connectivity index (χ3v) is 6.43. The van der Waals surface area contributed by atoms with Crippen molar-refractivity contribution in [3.05, 3.63) is 76.7 Å². The maximum atomic E-state index is 12.7. The Kier molecular flexibility index (Phi) is 7.46. The number of benzene rings is 2. The van der Waals surface area contributed by atoms with Crippen LogP contribution in [0.4, 0.5) is 5.69 Å². The molecule has 0 fully saturated rings. The van der Waals surface area contributed by atoms with Crippen LogP contribution in [0.25, 0.3) is 0 Å². The van der Waals surface area contributed by atoms with Crippen molar-refractivity contribution in [3.63, 3.8) is 0 Å². The first-order valence-electron chi connectivity index (χ1n) is 9.90. The van der Waals surface area contributed by atoms with Crippen LogP contribution in [0.15, 0.2) is 70.4 Å². The summed E-state index contributed by atoms with van der Waals surface area (Å²) in [7, 11) is 0.347. The summed E-state index contributed by atoms with van der Waals surface area (Å²) in [5, 5.41) is 6.70. The number of carbonyl (C=O) groups excluding carboxylic acids is 1. The summed E-state index contributed by atoms with van der Waals surface area (Å²) in [4.78, 5) is 24.7. The Hall–Kier alpha value is -3.70. The van der Waals surface area contributed by atoms with Gasteiger partial charge in [-0.25, -0.2) is 17.4 Å². The molecule has 3 aromatic rings. The number of aromatic nitrogens is 2. The summed E-state index contributed by atoms with van der Waals surface area (Å²) < 4.78 is 38.0. The number of hydrogen-bond donors (Lipinski definition) is 1. The van der Waals surface area contributed by atoms with Gasteiger partial charge in [-0.2, -0.15) is 5.10 Å². The molecule has 3 rings (SSSR count). The van der Waals surface area contributed by atoms with Gasteiger partial charge >= 0.3 is 0 Å². The van der Waals surface area contributed by atoms with E-state index in [1.165, 1.54) is 51.5 Å². The van der Waals surface area contributed by atoms with Crippen molar-refractivity contribution in [2.45, 2.75) is 11.4 Å². The fourth-order valence-electron chi connectivity index (χ4n) is 2.84. The molecule has 0 aliphatic rings. The molecule has 174 valence electrons. The average molecular weight is 473 g/mol. The van der Waals surface area contributed by atoms with E-state index in [0.29, 0.717) is 5.75 Å². The van der Waals surface area contributed by atoms with Gasteiger partial charge in [0.1, 0.15) is 28.7 Å². The molecule has 10 nitrogen and oxygen atoms in total. The Balaban J connectivity index is 1.76. The topological polar surface area (TPSA) is 120 Å². The van der Waals surface area contributed by atoms with Crippen LogP contribution in [-0.4, -0.2) is 56.2 Å². The predicted molar refractivity (Wildman–Crippen MR) is 122 cm³/mol. The molecule has 11 heteroatoms. The molecule has 0 radical (unpaired) electrons. The third kappa shape index (κ3) is 5.76. The highest BCUT2D eigenvalue weighted by Gasteiger charge is 2.23. The summed E-state index contributed by atoms with van der Waals surface area (Å²) in [6, 6.07) is 15.9. The number of ether oxygens (including phenoxy) is 2. The van der Waals surface area contributed by atoms with Crippen LogP contribution in [0, 0.1) is 0 Å². The standard InChI is InChI=1S/C22H24N4O6S/c1-25(2)33(29,30)20-15-16(9-11-19(20)31-3)23-22(28)18-10-12-21(27)26(24-18)13-14-32-17-7-5-4-6-8-17/h4-12,15H,13-14H2,1-3H3,(H,23,28). The minimum Gasteiger partial charge on any atom is -0.495 e. The van der Waals surface area contributed by atoms with Crippen LogP contribution in [0.2, 0.25) is 0 Å². The Labute approximate surface area is 191 Å². The first-order valence-corrected chi connectivity index (χ1v) is 11.3. The number of rotatable bonds is 9. The number of carbonyl (C=O) groups is 1. The molecule has 0 spiro atoms. The van der Waals surface area contributed by atoms with Gasteiger partial charge in [-0.15, -0.1) is 0 Å². The highest BCUT2D eigenvalue weighted by molar-refractivity contribution is 7.89. The van der Waals surface area contributed by atoms with Gasteiger partial charge in [0.2, 0.25) is 10.0 Å². The molecule has 1 aromatic heterocycles. The highest BCUT2D eigenvalue weighted by Crippen LogP contribution is 2.29. The molecule has 1 amide bonds. The Morgan fingerprint density at radius 1 is 1.09 bits per heavy atom. The molecule has 1 heterocycles. The SMILES string of the molecule is COc1ccc(NC(=O)c2ccc(=O)n(CCOc3ccccc3)n2)cc1S(=O)(=O)N(C)C. The first kappa shape index (κ1) is 24.0. The number of sulfonamides is 1. The highest BCUT2D eigenvalue weighted by atomic mass is 32.2. The average Bonchev–Trinajstić information content (AvgIpc) is 2.80. The molecule has 0 unspecified atom stereocenters. The summed E-state index contributed by atoms with van der Waals surface area (Å²) in [5.74, 6) is 0.195. The first-order chi connectivity index (χ1) is 15.7. The zero-order valence-electron chi connectivity index (χ0n) is 18.4. The largest absolute Gasteiger partial charge is 0.495 e. The molecule has 0 aliphatic heterocycles. The number of hydrogen-bond acceptors (Lipinski definition) is 7. The molecule has 0 saturated carbocycles. The van der Waals surface area contributed by atoms with Crippen LogP contribution in [0.3, 0.4) is 0 Å². The smallest absolute Gasteiger partial charge is 0.276 e.